The average Bonchev–Trinajstić information content (AvgIpc) is 2.41. The molecule has 1 amide bonds. The van der Waals surface area contributed by atoms with Gasteiger partial charge in [0.05, 0.1) is 0 Å². The molecule has 0 bridgehead atoms. The molecular formula is C12H12N4OS. The Balaban J connectivity index is 1.73. The fourth-order valence-electron chi connectivity index (χ4n) is 1.24. The van der Waals surface area contributed by atoms with Gasteiger partial charge in [-0.05, 0) is 18.2 Å². The van der Waals surface area contributed by atoms with Crippen LogP contribution in [0.25, 0.3) is 0 Å². The molecule has 5 nitrogen and oxygen atoms in total. The van der Waals surface area contributed by atoms with Gasteiger partial charge < -0.3 is 5.32 Å². The maximum Gasteiger partial charge on any atom is 0.226 e. The normalized spacial score (nSPS) is 10.0. The van der Waals surface area contributed by atoms with Gasteiger partial charge in [-0.25, -0.2) is 15.0 Å². The molecular weight excluding hydrogens is 248 g/mol. The molecule has 6 heteroatoms. The summed E-state index contributed by atoms with van der Waals surface area (Å²) in [5.41, 5.74) is 0. The van der Waals surface area contributed by atoms with Gasteiger partial charge in [0.25, 0.3) is 0 Å². The van der Waals surface area contributed by atoms with Crippen LogP contribution < -0.4 is 5.32 Å². The molecule has 0 aromatic carbocycles. The molecule has 0 spiro atoms. The van der Waals surface area contributed by atoms with E-state index in [9.17, 15) is 4.79 Å². The number of rotatable bonds is 5. The molecule has 0 radical (unpaired) electrons. The van der Waals surface area contributed by atoms with E-state index in [4.69, 9.17) is 0 Å². The highest BCUT2D eigenvalue weighted by Gasteiger charge is 2.04. The smallest absolute Gasteiger partial charge is 0.226 e. The third kappa shape index (κ3) is 4.14. The zero-order chi connectivity index (χ0) is 12.6. The molecule has 2 aromatic heterocycles. The van der Waals surface area contributed by atoms with Crippen molar-refractivity contribution >= 4 is 23.5 Å². The number of pyridine rings is 1. The second-order valence-corrected chi connectivity index (χ2v) is 4.46. The maximum atomic E-state index is 11.6. The highest BCUT2D eigenvalue weighted by molar-refractivity contribution is 7.99. The van der Waals surface area contributed by atoms with Crippen molar-refractivity contribution in [2.45, 2.75) is 11.6 Å². The molecule has 0 aliphatic rings. The Hall–Kier alpha value is -1.95. The van der Waals surface area contributed by atoms with Gasteiger partial charge >= 0.3 is 0 Å². The van der Waals surface area contributed by atoms with Crippen molar-refractivity contribution in [3.63, 3.8) is 0 Å². The van der Waals surface area contributed by atoms with Crippen LogP contribution >= 0.6 is 11.8 Å². The van der Waals surface area contributed by atoms with Crippen molar-refractivity contribution in [1.29, 1.82) is 0 Å². The SMILES string of the molecule is O=C(CCSc1ncccn1)Nc1ccccn1. The van der Waals surface area contributed by atoms with Gasteiger partial charge in [0.2, 0.25) is 5.91 Å². The number of carbonyl (C=O) groups excluding carboxylic acids is 1. The molecule has 0 saturated heterocycles. The topological polar surface area (TPSA) is 67.8 Å². The summed E-state index contributed by atoms with van der Waals surface area (Å²) in [6, 6.07) is 7.15. The predicted octanol–water partition coefficient (Wildman–Crippen LogP) is 1.99. The minimum absolute atomic E-state index is 0.0582. The zero-order valence-electron chi connectivity index (χ0n) is 9.61. The van der Waals surface area contributed by atoms with E-state index in [2.05, 4.69) is 20.3 Å². The summed E-state index contributed by atoms with van der Waals surface area (Å²) in [5.74, 6) is 1.16. The summed E-state index contributed by atoms with van der Waals surface area (Å²) in [7, 11) is 0. The number of nitrogens with zero attached hydrogens (tertiary/aromatic N) is 3. The Labute approximate surface area is 109 Å². The van der Waals surface area contributed by atoms with Crippen LogP contribution in [0.15, 0.2) is 48.0 Å². The second-order valence-electron chi connectivity index (χ2n) is 3.39. The lowest BCUT2D eigenvalue weighted by molar-refractivity contribution is -0.115. The van der Waals surface area contributed by atoms with E-state index in [1.165, 1.54) is 11.8 Å². The summed E-state index contributed by atoms with van der Waals surface area (Å²) in [5, 5.41) is 3.41. The Morgan fingerprint density at radius 3 is 2.61 bits per heavy atom. The zero-order valence-corrected chi connectivity index (χ0v) is 10.4. The highest BCUT2D eigenvalue weighted by Crippen LogP contribution is 2.12. The van der Waals surface area contributed by atoms with E-state index in [1.54, 1.807) is 36.8 Å². The maximum absolute atomic E-state index is 11.6. The van der Waals surface area contributed by atoms with E-state index in [0.717, 1.165) is 0 Å². The van der Waals surface area contributed by atoms with Crippen molar-refractivity contribution in [1.82, 2.24) is 15.0 Å². The van der Waals surface area contributed by atoms with Crippen LogP contribution in [-0.4, -0.2) is 26.6 Å². The standard InChI is InChI=1S/C12H12N4OS/c17-11(16-10-4-1-2-6-13-10)5-9-18-12-14-7-3-8-15-12/h1-4,6-8H,5,9H2,(H,13,16,17). The van der Waals surface area contributed by atoms with Crippen LogP contribution in [0.4, 0.5) is 5.82 Å². The van der Waals surface area contributed by atoms with Gasteiger partial charge in [-0.2, -0.15) is 0 Å². The van der Waals surface area contributed by atoms with Crippen molar-refractivity contribution in [3.05, 3.63) is 42.9 Å². The molecule has 0 saturated carbocycles. The minimum Gasteiger partial charge on any atom is -0.311 e. The van der Waals surface area contributed by atoms with Crippen molar-refractivity contribution < 1.29 is 4.79 Å². The van der Waals surface area contributed by atoms with Gasteiger partial charge in [-0.1, -0.05) is 17.8 Å². The lowest BCUT2D eigenvalue weighted by atomic mass is 10.4. The first-order valence-corrected chi connectivity index (χ1v) is 6.44. The summed E-state index contributed by atoms with van der Waals surface area (Å²) in [6.45, 7) is 0. The molecule has 2 heterocycles. The van der Waals surface area contributed by atoms with Gasteiger partial charge in [0, 0.05) is 30.8 Å². The number of hydrogen-bond acceptors (Lipinski definition) is 5. The largest absolute Gasteiger partial charge is 0.311 e. The van der Waals surface area contributed by atoms with E-state index >= 15 is 0 Å². The van der Waals surface area contributed by atoms with E-state index in [1.807, 2.05) is 6.07 Å². The number of anilines is 1. The molecule has 18 heavy (non-hydrogen) atoms. The van der Waals surface area contributed by atoms with Gasteiger partial charge in [-0.3, -0.25) is 4.79 Å². The molecule has 0 fully saturated rings. The number of aromatic nitrogens is 3. The lowest BCUT2D eigenvalue weighted by Crippen LogP contribution is -2.13. The number of nitrogens with one attached hydrogen (secondary N) is 1. The second kappa shape index (κ2) is 6.70. The predicted molar refractivity (Wildman–Crippen MR) is 70.2 cm³/mol. The Bertz CT molecular complexity index is 492. The number of hydrogen-bond donors (Lipinski definition) is 1. The first-order valence-electron chi connectivity index (χ1n) is 5.45. The number of thioether (sulfide) groups is 1. The number of amides is 1. The summed E-state index contributed by atoms with van der Waals surface area (Å²) in [6.07, 6.45) is 5.41. The lowest BCUT2D eigenvalue weighted by Gasteiger charge is -2.03. The molecule has 1 N–H and O–H groups in total. The Kier molecular flexibility index (Phi) is 4.66. The van der Waals surface area contributed by atoms with E-state index < -0.39 is 0 Å². The van der Waals surface area contributed by atoms with Gasteiger partial charge in [0.1, 0.15) is 5.82 Å². The quantitative estimate of drug-likeness (QED) is 0.657. The monoisotopic (exact) mass is 260 g/mol. The highest BCUT2D eigenvalue weighted by atomic mass is 32.2. The first kappa shape index (κ1) is 12.5. The molecule has 0 aliphatic carbocycles. The minimum atomic E-state index is -0.0582. The average molecular weight is 260 g/mol. The van der Waals surface area contributed by atoms with E-state index in [-0.39, 0.29) is 5.91 Å². The van der Waals surface area contributed by atoms with Crippen molar-refractivity contribution in [3.8, 4) is 0 Å². The van der Waals surface area contributed by atoms with Crippen LogP contribution in [0.2, 0.25) is 0 Å². The van der Waals surface area contributed by atoms with Crippen molar-refractivity contribution in [2.75, 3.05) is 11.1 Å². The Morgan fingerprint density at radius 2 is 1.89 bits per heavy atom. The van der Waals surface area contributed by atoms with Crippen LogP contribution in [0.3, 0.4) is 0 Å². The molecule has 0 aliphatic heterocycles. The fraction of sp³-hybridized carbons (Fsp3) is 0.167. The van der Waals surface area contributed by atoms with Crippen molar-refractivity contribution in [2.24, 2.45) is 0 Å². The molecule has 92 valence electrons. The fourth-order valence-corrected chi connectivity index (χ4v) is 1.98. The molecule has 2 rings (SSSR count). The summed E-state index contributed by atoms with van der Waals surface area (Å²) < 4.78 is 0. The van der Waals surface area contributed by atoms with Crippen LogP contribution in [-0.2, 0) is 4.79 Å². The van der Waals surface area contributed by atoms with Crippen LogP contribution in [0, 0.1) is 0 Å². The molecule has 0 atom stereocenters. The molecule has 0 unspecified atom stereocenters. The molecule has 2 aromatic rings. The van der Waals surface area contributed by atoms with Crippen LogP contribution in [0.5, 0.6) is 0 Å². The number of carbonyl (C=O) groups is 1. The third-order valence-corrected chi connectivity index (χ3v) is 2.91. The third-order valence-electron chi connectivity index (χ3n) is 2.03. The summed E-state index contributed by atoms with van der Waals surface area (Å²) in [4.78, 5) is 23.8. The summed E-state index contributed by atoms with van der Waals surface area (Å²) >= 11 is 1.46. The first-order chi connectivity index (χ1) is 8.84. The van der Waals surface area contributed by atoms with Gasteiger partial charge in [0.15, 0.2) is 5.16 Å². The Morgan fingerprint density at radius 1 is 1.11 bits per heavy atom. The van der Waals surface area contributed by atoms with E-state index in [0.29, 0.717) is 23.1 Å². The van der Waals surface area contributed by atoms with Crippen LogP contribution in [0.1, 0.15) is 6.42 Å². The van der Waals surface area contributed by atoms with Gasteiger partial charge in [-0.15, -0.1) is 0 Å².